The molecular formula is C19H12ClF3N6O3. The Morgan fingerprint density at radius 1 is 1.16 bits per heavy atom. The number of aromatic nitrogens is 5. The summed E-state index contributed by atoms with van der Waals surface area (Å²) in [7, 11) is 1.36. The lowest BCUT2D eigenvalue weighted by Crippen LogP contribution is -2.17. The number of benzene rings is 1. The minimum Gasteiger partial charge on any atom is -0.476 e. The summed E-state index contributed by atoms with van der Waals surface area (Å²) in [5.74, 6) is -2.27. The third kappa shape index (κ3) is 3.87. The zero-order valence-corrected chi connectivity index (χ0v) is 16.8. The van der Waals surface area contributed by atoms with Crippen molar-refractivity contribution in [2.75, 3.05) is 5.32 Å². The summed E-state index contributed by atoms with van der Waals surface area (Å²) in [6.07, 6.45) is -3.68. The number of hydrogen-bond acceptors (Lipinski definition) is 5. The number of rotatable bonds is 4. The predicted octanol–water partition coefficient (Wildman–Crippen LogP) is 3.75. The van der Waals surface area contributed by atoms with Crippen LogP contribution in [0.3, 0.4) is 0 Å². The zero-order valence-electron chi connectivity index (χ0n) is 16.1. The summed E-state index contributed by atoms with van der Waals surface area (Å²) < 4.78 is 42.6. The van der Waals surface area contributed by atoms with Gasteiger partial charge in [-0.15, -0.1) is 0 Å². The average Bonchev–Trinajstić information content (AvgIpc) is 3.30. The third-order valence-electron chi connectivity index (χ3n) is 4.48. The highest BCUT2D eigenvalue weighted by atomic mass is 35.5. The lowest BCUT2D eigenvalue weighted by atomic mass is 10.1. The van der Waals surface area contributed by atoms with Crippen molar-refractivity contribution in [3.63, 3.8) is 0 Å². The second kappa shape index (κ2) is 7.64. The molecular weight excluding hydrogens is 453 g/mol. The van der Waals surface area contributed by atoms with E-state index in [0.29, 0.717) is 15.1 Å². The number of alkyl halides is 3. The Labute approximate surface area is 182 Å². The van der Waals surface area contributed by atoms with Crippen LogP contribution in [0, 0.1) is 0 Å². The summed E-state index contributed by atoms with van der Waals surface area (Å²) in [4.78, 5) is 28.1. The number of carboxylic acid groups (broad SMARTS) is 1. The molecule has 13 heteroatoms. The molecule has 0 aliphatic heterocycles. The van der Waals surface area contributed by atoms with Crippen molar-refractivity contribution in [1.29, 1.82) is 0 Å². The quantitative estimate of drug-likeness (QED) is 0.475. The second-order valence-corrected chi connectivity index (χ2v) is 7.06. The predicted molar refractivity (Wildman–Crippen MR) is 107 cm³/mol. The van der Waals surface area contributed by atoms with Gasteiger partial charge in [-0.1, -0.05) is 23.7 Å². The molecule has 3 aromatic heterocycles. The first-order valence-electron chi connectivity index (χ1n) is 8.85. The van der Waals surface area contributed by atoms with Crippen molar-refractivity contribution in [3.8, 4) is 11.3 Å². The van der Waals surface area contributed by atoms with Gasteiger partial charge in [-0.25, -0.2) is 14.3 Å². The van der Waals surface area contributed by atoms with Crippen molar-refractivity contribution in [2.24, 2.45) is 7.05 Å². The van der Waals surface area contributed by atoms with Crippen LogP contribution in [0.2, 0.25) is 5.02 Å². The minimum atomic E-state index is -4.79. The van der Waals surface area contributed by atoms with E-state index in [2.05, 4.69) is 20.5 Å². The van der Waals surface area contributed by atoms with Crippen molar-refractivity contribution < 1.29 is 27.9 Å². The highest BCUT2D eigenvalue weighted by Gasteiger charge is 2.35. The van der Waals surface area contributed by atoms with Crippen LogP contribution in [0.1, 0.15) is 26.7 Å². The third-order valence-corrected chi connectivity index (χ3v) is 4.73. The molecule has 3 heterocycles. The van der Waals surface area contributed by atoms with Crippen LogP contribution in [0.15, 0.2) is 42.6 Å². The molecule has 0 radical (unpaired) electrons. The van der Waals surface area contributed by atoms with Gasteiger partial charge in [0.1, 0.15) is 0 Å². The molecule has 0 spiro atoms. The number of nitrogens with zero attached hydrogens (tertiary/aromatic N) is 5. The fourth-order valence-electron chi connectivity index (χ4n) is 3.02. The Morgan fingerprint density at radius 2 is 1.84 bits per heavy atom. The van der Waals surface area contributed by atoms with E-state index < -0.39 is 29.4 Å². The summed E-state index contributed by atoms with van der Waals surface area (Å²) in [5.41, 5.74) is -1.80. The lowest BCUT2D eigenvalue weighted by molar-refractivity contribution is -0.142. The van der Waals surface area contributed by atoms with E-state index in [4.69, 9.17) is 11.6 Å². The molecule has 0 atom stereocenters. The van der Waals surface area contributed by atoms with E-state index in [1.54, 1.807) is 0 Å². The molecule has 1 amide bonds. The molecule has 4 rings (SSSR count). The summed E-state index contributed by atoms with van der Waals surface area (Å²) in [5, 5.41) is 19.4. The fraction of sp³-hybridized carbons (Fsp3) is 0.105. The van der Waals surface area contributed by atoms with Crippen LogP contribution in [-0.4, -0.2) is 41.4 Å². The van der Waals surface area contributed by atoms with E-state index >= 15 is 0 Å². The zero-order chi connectivity index (χ0) is 23.2. The van der Waals surface area contributed by atoms with Crippen LogP contribution < -0.4 is 5.32 Å². The Bertz CT molecular complexity index is 1360. The first-order valence-corrected chi connectivity index (χ1v) is 9.23. The van der Waals surface area contributed by atoms with Crippen LogP contribution in [0.4, 0.5) is 18.9 Å². The number of aryl methyl sites for hydroxylation is 1. The van der Waals surface area contributed by atoms with E-state index in [1.807, 2.05) is 0 Å². The first kappa shape index (κ1) is 21.3. The molecule has 0 aliphatic rings. The van der Waals surface area contributed by atoms with Crippen LogP contribution >= 0.6 is 11.6 Å². The fourth-order valence-corrected chi connectivity index (χ4v) is 3.15. The highest BCUT2D eigenvalue weighted by Crippen LogP contribution is 2.32. The number of carbonyl (C=O) groups is 2. The number of anilines is 1. The van der Waals surface area contributed by atoms with Gasteiger partial charge in [-0.3, -0.25) is 9.48 Å². The number of nitrogens with one attached hydrogen (secondary N) is 1. The van der Waals surface area contributed by atoms with Gasteiger partial charge in [0.2, 0.25) is 0 Å². The van der Waals surface area contributed by atoms with Crippen LogP contribution in [0.25, 0.3) is 16.9 Å². The largest absolute Gasteiger partial charge is 0.476 e. The standard InChI is InChI=1S/C19H12ClF3N6O3/c1-28-16(18(31)32)13(8-24-28)26-17(30)12-7-15-25-11(9-2-4-10(20)5-3-9)6-14(19(21,22)23)29(15)27-12/h2-8H,1H3,(H,26,30)(H,31,32). The minimum absolute atomic E-state index is 0.00812. The molecule has 9 nitrogen and oxygen atoms in total. The molecule has 0 bridgehead atoms. The molecule has 4 aromatic rings. The van der Waals surface area contributed by atoms with E-state index in [9.17, 15) is 27.9 Å². The SMILES string of the molecule is Cn1ncc(NC(=O)c2cc3nc(-c4ccc(Cl)cc4)cc(C(F)(F)F)n3n2)c1C(=O)O. The molecule has 0 fully saturated rings. The normalized spacial score (nSPS) is 11.7. The van der Waals surface area contributed by atoms with Crippen LogP contribution in [0.5, 0.6) is 0 Å². The number of fused-ring (bicyclic) bond motifs is 1. The van der Waals surface area contributed by atoms with Gasteiger partial charge in [0, 0.05) is 23.7 Å². The van der Waals surface area contributed by atoms with Gasteiger partial charge in [0.25, 0.3) is 5.91 Å². The summed E-state index contributed by atoms with van der Waals surface area (Å²) in [6, 6.07) is 7.94. The number of halogens is 4. The molecule has 164 valence electrons. The maximum atomic E-state index is 13.7. The van der Waals surface area contributed by atoms with Gasteiger partial charge in [-0.2, -0.15) is 23.4 Å². The molecule has 0 unspecified atom stereocenters. The summed E-state index contributed by atoms with van der Waals surface area (Å²) in [6.45, 7) is 0. The maximum Gasteiger partial charge on any atom is 0.433 e. The van der Waals surface area contributed by atoms with E-state index in [1.165, 1.54) is 31.3 Å². The topological polar surface area (TPSA) is 114 Å². The Hall–Kier alpha value is -3.93. The van der Waals surface area contributed by atoms with Gasteiger partial charge < -0.3 is 10.4 Å². The van der Waals surface area contributed by atoms with Gasteiger partial charge in [0.15, 0.2) is 22.7 Å². The first-order chi connectivity index (χ1) is 15.0. The number of amides is 1. The van der Waals surface area contributed by atoms with Crippen molar-refractivity contribution in [2.45, 2.75) is 6.18 Å². The van der Waals surface area contributed by atoms with E-state index in [-0.39, 0.29) is 22.7 Å². The summed E-state index contributed by atoms with van der Waals surface area (Å²) >= 11 is 5.83. The maximum absolute atomic E-state index is 13.7. The number of carboxylic acids is 1. The monoisotopic (exact) mass is 464 g/mol. The molecule has 2 N–H and O–H groups in total. The Morgan fingerprint density at radius 3 is 2.47 bits per heavy atom. The molecule has 0 saturated heterocycles. The van der Waals surface area contributed by atoms with Crippen molar-refractivity contribution >= 4 is 34.8 Å². The van der Waals surface area contributed by atoms with Gasteiger partial charge >= 0.3 is 12.1 Å². The molecule has 32 heavy (non-hydrogen) atoms. The smallest absolute Gasteiger partial charge is 0.433 e. The second-order valence-electron chi connectivity index (χ2n) is 6.62. The highest BCUT2D eigenvalue weighted by molar-refractivity contribution is 6.30. The number of hydrogen-bond donors (Lipinski definition) is 2. The van der Waals surface area contributed by atoms with Gasteiger partial charge in [0.05, 0.1) is 17.6 Å². The van der Waals surface area contributed by atoms with Crippen LogP contribution in [-0.2, 0) is 13.2 Å². The molecule has 0 aliphatic carbocycles. The Kier molecular flexibility index (Phi) is 5.09. The average molecular weight is 465 g/mol. The Balaban J connectivity index is 1.78. The molecule has 1 aromatic carbocycles. The van der Waals surface area contributed by atoms with Crippen molar-refractivity contribution in [3.05, 3.63) is 64.7 Å². The number of carbonyl (C=O) groups excluding carboxylic acids is 1. The van der Waals surface area contributed by atoms with Gasteiger partial charge in [-0.05, 0) is 18.2 Å². The van der Waals surface area contributed by atoms with E-state index in [0.717, 1.165) is 23.0 Å². The number of aromatic carboxylic acids is 1. The van der Waals surface area contributed by atoms with Crippen molar-refractivity contribution in [1.82, 2.24) is 24.4 Å². The lowest BCUT2D eigenvalue weighted by Gasteiger charge is -2.11. The molecule has 0 saturated carbocycles.